The lowest BCUT2D eigenvalue weighted by Crippen LogP contribution is -2.01. The van der Waals surface area contributed by atoms with Crippen molar-refractivity contribution >= 4 is 102 Å². The van der Waals surface area contributed by atoms with Crippen LogP contribution in [0.25, 0.3) is 138 Å². The number of hydrogen-bond acceptors (Lipinski definition) is 8. The van der Waals surface area contributed by atoms with Crippen LogP contribution in [0, 0.1) is 0 Å². The average Bonchev–Trinajstić information content (AvgIpc) is 4.41. The van der Waals surface area contributed by atoms with Gasteiger partial charge in [-0.25, -0.2) is 29.9 Å². The van der Waals surface area contributed by atoms with Crippen LogP contribution in [-0.4, -0.2) is 39.5 Å². The normalized spacial score (nSPS) is 11.3. The predicted octanol–water partition coefficient (Wildman–Crippen LogP) is 19.4. The quantitative estimate of drug-likeness (QED) is 0.171. The average molecular weight is 1140 g/mol. The Hall–Kier alpha value is -9.78. The number of aromatic amines is 1. The van der Waals surface area contributed by atoms with Crippen LogP contribution in [0.15, 0.2) is 270 Å². The number of H-pyrrole nitrogens is 1. The first-order valence-electron chi connectivity index (χ1n) is 26.4. The Morgan fingerprint density at radius 2 is 0.765 bits per heavy atom. The molecule has 16 aromatic rings. The molecule has 0 aliphatic heterocycles. The maximum Gasteiger partial charge on any atom is 0.164 e. The zero-order chi connectivity index (χ0) is 54.1. The second kappa shape index (κ2) is 21.8. The Balaban J connectivity index is 0.000000121. The summed E-state index contributed by atoms with van der Waals surface area (Å²) in [5.74, 6) is 3.97. The number of halogens is 1. The van der Waals surface area contributed by atoms with Gasteiger partial charge in [-0.3, -0.25) is 0 Å². The molecular formula is C70H45BrN8S2. The van der Waals surface area contributed by atoms with Crippen molar-refractivity contribution in [1.82, 2.24) is 39.5 Å². The number of para-hydroxylation sites is 2. The first kappa shape index (κ1) is 49.5. The van der Waals surface area contributed by atoms with E-state index in [9.17, 15) is 0 Å². The predicted molar refractivity (Wildman–Crippen MR) is 341 cm³/mol. The van der Waals surface area contributed by atoms with Crippen LogP contribution in [0.2, 0.25) is 0 Å². The Morgan fingerprint density at radius 3 is 1.32 bits per heavy atom. The zero-order valence-corrected chi connectivity index (χ0v) is 46.4. The van der Waals surface area contributed by atoms with Crippen molar-refractivity contribution in [2.45, 2.75) is 0 Å². The molecule has 0 atom stereocenters. The standard InChI is InChI=1S/C35H22N4S.C21H14BrN3.C14H9NS/c1-3-10-24(11-4-1)33-36-34(25-12-5-2-6-13-25)38-35(37-33)26-14-9-15-27(22-26)39-30-17-8-7-16-28(30)29-19-18-23-20-21-40-32(23)31(29)39;22-18-13-7-12-17(14-18)21-24-19(15-8-3-1-4-9-15)23-20(25-21)16-10-5-2-6-11-16;1-2-4-12-10(3-1)11-6-5-9-7-8-16-14(9)13(11)15-12/h1-22H;1-14H;1-8,15H. The van der Waals surface area contributed by atoms with E-state index < -0.39 is 0 Å². The third-order valence-electron chi connectivity index (χ3n) is 14.2. The molecule has 6 heterocycles. The van der Waals surface area contributed by atoms with Gasteiger partial charge in [0, 0.05) is 70.6 Å². The summed E-state index contributed by atoms with van der Waals surface area (Å²) in [6.07, 6.45) is 0. The molecule has 0 fully saturated rings. The van der Waals surface area contributed by atoms with Crippen molar-refractivity contribution in [2.75, 3.05) is 0 Å². The van der Waals surface area contributed by atoms with E-state index in [1.165, 1.54) is 63.8 Å². The highest BCUT2D eigenvalue weighted by atomic mass is 79.9. The van der Waals surface area contributed by atoms with Crippen LogP contribution < -0.4 is 0 Å². The summed E-state index contributed by atoms with van der Waals surface area (Å²) < 4.78 is 6.02. The molecule has 0 saturated heterocycles. The molecule has 1 N–H and O–H groups in total. The lowest BCUT2D eigenvalue weighted by atomic mass is 10.1. The van der Waals surface area contributed by atoms with Crippen molar-refractivity contribution in [2.24, 2.45) is 0 Å². The number of hydrogen-bond donors (Lipinski definition) is 1. The minimum Gasteiger partial charge on any atom is -0.353 e. The van der Waals surface area contributed by atoms with E-state index in [2.05, 4.69) is 150 Å². The van der Waals surface area contributed by atoms with Gasteiger partial charge in [-0.05, 0) is 70.1 Å². The van der Waals surface area contributed by atoms with Gasteiger partial charge in [0.25, 0.3) is 0 Å². The smallest absolute Gasteiger partial charge is 0.164 e. The van der Waals surface area contributed by atoms with E-state index in [-0.39, 0.29) is 0 Å². The largest absolute Gasteiger partial charge is 0.353 e. The van der Waals surface area contributed by atoms with Gasteiger partial charge in [-0.1, -0.05) is 222 Å². The summed E-state index contributed by atoms with van der Waals surface area (Å²) in [6, 6.07) is 87.0. The molecule has 0 aliphatic carbocycles. The van der Waals surface area contributed by atoms with E-state index in [0.717, 1.165) is 43.5 Å². The lowest BCUT2D eigenvalue weighted by Gasteiger charge is -2.12. The van der Waals surface area contributed by atoms with Gasteiger partial charge in [-0.2, -0.15) is 0 Å². The van der Waals surface area contributed by atoms with Gasteiger partial charge in [0.15, 0.2) is 34.9 Å². The number of aromatic nitrogens is 8. The summed E-state index contributed by atoms with van der Waals surface area (Å²) in [5, 5.41) is 12.0. The van der Waals surface area contributed by atoms with Crippen LogP contribution in [0.3, 0.4) is 0 Å². The van der Waals surface area contributed by atoms with Crippen LogP contribution in [0.1, 0.15) is 0 Å². The Morgan fingerprint density at radius 1 is 0.333 bits per heavy atom. The van der Waals surface area contributed by atoms with E-state index >= 15 is 0 Å². The SMILES string of the molecule is Brc1cccc(-c2nc(-c3ccccc3)nc(-c3ccccc3)n2)c1.c1ccc(-c2nc(-c3ccccc3)nc(-c3cccc(-n4c5ccccc5c5ccc6ccsc6c54)c3)n2)cc1.c1ccc2c(c1)[nH]c1c2ccc2ccsc21. The van der Waals surface area contributed by atoms with Gasteiger partial charge in [0.1, 0.15) is 0 Å². The van der Waals surface area contributed by atoms with Gasteiger partial charge in [-0.15, -0.1) is 22.7 Å². The third-order valence-corrected chi connectivity index (χ3v) is 16.6. The van der Waals surface area contributed by atoms with Gasteiger partial charge in [0.2, 0.25) is 0 Å². The fraction of sp³-hybridized carbons (Fsp3) is 0. The molecular weight excluding hydrogens is 1100 g/mol. The minimum atomic E-state index is 0.650. The van der Waals surface area contributed by atoms with Gasteiger partial charge in [0.05, 0.1) is 25.9 Å². The van der Waals surface area contributed by atoms with Gasteiger partial charge < -0.3 is 9.55 Å². The maximum atomic E-state index is 4.96. The van der Waals surface area contributed by atoms with Crippen LogP contribution in [-0.2, 0) is 0 Å². The molecule has 10 aromatic carbocycles. The van der Waals surface area contributed by atoms with Crippen molar-refractivity contribution in [3.63, 3.8) is 0 Å². The molecule has 81 heavy (non-hydrogen) atoms. The number of rotatable bonds is 7. The lowest BCUT2D eigenvalue weighted by molar-refractivity contribution is 1.07. The number of nitrogens with one attached hydrogen (secondary N) is 1. The number of fused-ring (bicyclic) bond motifs is 10. The second-order valence-electron chi connectivity index (χ2n) is 19.3. The monoisotopic (exact) mass is 1140 g/mol. The number of nitrogens with zero attached hydrogens (tertiary/aromatic N) is 7. The first-order valence-corrected chi connectivity index (χ1v) is 29.0. The highest BCUT2D eigenvalue weighted by molar-refractivity contribution is 9.10. The highest BCUT2D eigenvalue weighted by Crippen LogP contribution is 2.40. The molecule has 0 spiro atoms. The molecule has 0 saturated carbocycles. The molecule has 11 heteroatoms. The summed E-state index contributed by atoms with van der Waals surface area (Å²) in [6.45, 7) is 0. The Bertz CT molecular complexity index is 4790. The van der Waals surface area contributed by atoms with Crippen molar-refractivity contribution in [3.8, 4) is 74.0 Å². The van der Waals surface area contributed by atoms with Crippen molar-refractivity contribution in [1.29, 1.82) is 0 Å². The molecule has 0 bridgehead atoms. The van der Waals surface area contributed by atoms with Crippen molar-refractivity contribution < 1.29 is 0 Å². The summed E-state index contributed by atoms with van der Waals surface area (Å²) in [5.41, 5.74) is 11.7. The summed E-state index contributed by atoms with van der Waals surface area (Å²) in [4.78, 5) is 32.4. The number of benzene rings is 10. The fourth-order valence-corrected chi connectivity index (χ4v) is 12.6. The first-order chi connectivity index (χ1) is 40.1. The highest BCUT2D eigenvalue weighted by Gasteiger charge is 2.18. The molecule has 0 aliphatic rings. The molecule has 6 aromatic heterocycles. The zero-order valence-electron chi connectivity index (χ0n) is 43.2. The van der Waals surface area contributed by atoms with Gasteiger partial charge >= 0.3 is 0 Å². The van der Waals surface area contributed by atoms with Crippen molar-refractivity contribution in [3.05, 3.63) is 270 Å². The topological polar surface area (TPSA) is 98.1 Å². The Kier molecular flexibility index (Phi) is 13.3. The summed E-state index contributed by atoms with van der Waals surface area (Å²) >= 11 is 7.10. The van der Waals surface area contributed by atoms with E-state index in [4.69, 9.17) is 24.9 Å². The minimum absolute atomic E-state index is 0.650. The van der Waals surface area contributed by atoms with Crippen LogP contribution in [0.5, 0.6) is 0 Å². The second-order valence-corrected chi connectivity index (χ2v) is 22.0. The molecule has 0 radical (unpaired) electrons. The molecule has 384 valence electrons. The van der Waals surface area contributed by atoms with E-state index in [1.54, 1.807) is 22.7 Å². The van der Waals surface area contributed by atoms with Crippen LogP contribution >= 0.6 is 38.6 Å². The third kappa shape index (κ3) is 9.84. The van der Waals surface area contributed by atoms with E-state index in [1.807, 2.05) is 146 Å². The molecule has 0 unspecified atom stereocenters. The van der Waals surface area contributed by atoms with E-state index in [0.29, 0.717) is 34.9 Å². The molecule has 8 nitrogen and oxygen atoms in total. The molecule has 16 rings (SSSR count). The van der Waals surface area contributed by atoms with Crippen LogP contribution in [0.4, 0.5) is 0 Å². The molecule has 0 amide bonds. The number of thiophene rings is 2. The summed E-state index contributed by atoms with van der Waals surface area (Å²) in [7, 11) is 0. The fourth-order valence-electron chi connectivity index (χ4n) is 10.4. The Labute approximate surface area is 482 Å². The maximum absolute atomic E-state index is 4.96.